The lowest BCUT2D eigenvalue weighted by atomic mass is 10.3. The van der Waals surface area contributed by atoms with Gasteiger partial charge in [-0.15, -0.1) is 0 Å². The van der Waals surface area contributed by atoms with Crippen LogP contribution >= 0.6 is 15.9 Å². The van der Waals surface area contributed by atoms with Gasteiger partial charge in [-0.2, -0.15) is 0 Å². The average molecular weight is 394 g/mol. The summed E-state index contributed by atoms with van der Waals surface area (Å²) in [5.74, 6) is -1.76. The van der Waals surface area contributed by atoms with E-state index in [1.165, 1.54) is 16.7 Å². The molecule has 0 atom stereocenters. The smallest absolute Gasteiger partial charge is 0.419 e. The van der Waals surface area contributed by atoms with Crippen LogP contribution in [0.15, 0.2) is 56.1 Å². The summed E-state index contributed by atoms with van der Waals surface area (Å²) >= 11 is 3.13. The molecule has 3 aromatic rings. The Morgan fingerprint density at radius 3 is 2.83 bits per heavy atom. The molecular weight excluding hydrogens is 381 g/mol. The van der Waals surface area contributed by atoms with Gasteiger partial charge < -0.3 is 9.15 Å². The van der Waals surface area contributed by atoms with Crippen LogP contribution in [0.2, 0.25) is 0 Å². The second kappa shape index (κ2) is 7.00. The van der Waals surface area contributed by atoms with E-state index >= 15 is 0 Å². The normalized spacial score (nSPS) is 10.9. The van der Waals surface area contributed by atoms with Crippen molar-refractivity contribution in [2.24, 2.45) is 0 Å². The van der Waals surface area contributed by atoms with Crippen LogP contribution in [0, 0.1) is 5.82 Å². The lowest BCUT2D eigenvalue weighted by Crippen LogP contribution is -2.16. The molecule has 5 nitrogen and oxygen atoms in total. The third-order valence-corrected chi connectivity index (χ3v) is 3.95. The third kappa shape index (κ3) is 3.56. The van der Waals surface area contributed by atoms with Crippen molar-refractivity contribution in [3.05, 3.63) is 63.3 Å². The van der Waals surface area contributed by atoms with E-state index in [1.807, 2.05) is 0 Å². The summed E-state index contributed by atoms with van der Waals surface area (Å²) in [7, 11) is 0. The van der Waals surface area contributed by atoms with Gasteiger partial charge in [-0.1, -0.05) is 28.1 Å². The van der Waals surface area contributed by atoms with E-state index in [0.717, 1.165) is 0 Å². The summed E-state index contributed by atoms with van der Waals surface area (Å²) in [5.41, 5.74) is 1.18. The second-order valence-electron chi connectivity index (χ2n) is 5.14. The second-order valence-corrected chi connectivity index (χ2v) is 6.06. The Hall–Kier alpha value is -2.41. The number of para-hydroxylation sites is 2. The van der Waals surface area contributed by atoms with Crippen molar-refractivity contribution >= 4 is 33.0 Å². The molecule has 0 aliphatic carbocycles. The predicted molar refractivity (Wildman–Crippen MR) is 89.4 cm³/mol. The van der Waals surface area contributed by atoms with Crippen LogP contribution in [0.5, 0.6) is 5.75 Å². The number of esters is 1. The summed E-state index contributed by atoms with van der Waals surface area (Å²) in [6.07, 6.45) is 0.432. The van der Waals surface area contributed by atoms with E-state index in [4.69, 9.17) is 9.15 Å². The van der Waals surface area contributed by atoms with Crippen molar-refractivity contribution in [3.8, 4) is 5.75 Å². The number of rotatable bonds is 5. The van der Waals surface area contributed by atoms with Gasteiger partial charge in [0, 0.05) is 17.4 Å². The highest BCUT2D eigenvalue weighted by Crippen LogP contribution is 2.22. The van der Waals surface area contributed by atoms with Crippen molar-refractivity contribution in [3.63, 3.8) is 0 Å². The first-order valence-electron chi connectivity index (χ1n) is 7.29. The number of fused-ring (bicyclic) bond motifs is 1. The molecule has 7 heteroatoms. The van der Waals surface area contributed by atoms with Crippen molar-refractivity contribution in [1.29, 1.82) is 0 Å². The number of benzene rings is 2. The quantitative estimate of drug-likeness (QED) is 0.487. The largest absolute Gasteiger partial charge is 0.423 e. The average Bonchev–Trinajstić information content (AvgIpc) is 2.86. The van der Waals surface area contributed by atoms with Crippen LogP contribution in [-0.2, 0) is 11.3 Å². The fraction of sp³-hybridized carbons (Fsp3) is 0.176. The maximum Gasteiger partial charge on any atom is 0.419 e. The number of carbonyl (C=O) groups is 1. The molecule has 0 radical (unpaired) electrons. The lowest BCUT2D eigenvalue weighted by Gasteiger charge is -2.06. The molecule has 1 heterocycles. The Morgan fingerprint density at radius 1 is 1.25 bits per heavy atom. The Balaban J connectivity index is 1.60. The minimum Gasteiger partial charge on any atom is -0.423 e. The molecular formula is C17H13BrFNO4. The lowest BCUT2D eigenvalue weighted by molar-refractivity contribution is -0.134. The molecule has 0 bridgehead atoms. The van der Waals surface area contributed by atoms with Crippen LogP contribution in [0.3, 0.4) is 0 Å². The topological polar surface area (TPSA) is 61.4 Å². The van der Waals surface area contributed by atoms with E-state index in [0.29, 0.717) is 28.5 Å². The van der Waals surface area contributed by atoms with Gasteiger partial charge in [0.15, 0.2) is 17.1 Å². The molecule has 2 aromatic carbocycles. The summed E-state index contributed by atoms with van der Waals surface area (Å²) in [5, 5.41) is 0. The first-order valence-corrected chi connectivity index (χ1v) is 8.08. The molecule has 0 aliphatic rings. The SMILES string of the molecule is O=C(CCCn1c(=O)oc2ccccc21)Oc1ccc(Br)cc1F. The molecule has 0 unspecified atom stereocenters. The van der Waals surface area contributed by atoms with Crippen LogP contribution in [0.4, 0.5) is 4.39 Å². The fourth-order valence-electron chi connectivity index (χ4n) is 2.34. The maximum atomic E-state index is 13.6. The number of aromatic nitrogens is 1. The molecule has 0 aliphatic heterocycles. The molecule has 0 saturated carbocycles. The van der Waals surface area contributed by atoms with Gasteiger partial charge in [0.05, 0.1) is 5.52 Å². The van der Waals surface area contributed by atoms with E-state index in [2.05, 4.69) is 15.9 Å². The monoisotopic (exact) mass is 393 g/mol. The maximum absolute atomic E-state index is 13.6. The zero-order valence-electron chi connectivity index (χ0n) is 12.5. The number of nitrogens with zero attached hydrogens (tertiary/aromatic N) is 1. The highest BCUT2D eigenvalue weighted by Gasteiger charge is 2.12. The van der Waals surface area contributed by atoms with Crippen LogP contribution in [-0.4, -0.2) is 10.5 Å². The van der Waals surface area contributed by atoms with Crippen molar-refractivity contribution in [2.45, 2.75) is 19.4 Å². The number of oxazole rings is 1. The molecule has 0 N–H and O–H groups in total. The molecule has 24 heavy (non-hydrogen) atoms. The van der Waals surface area contributed by atoms with Gasteiger partial charge >= 0.3 is 11.7 Å². The Kier molecular flexibility index (Phi) is 4.80. The zero-order chi connectivity index (χ0) is 17.1. The van der Waals surface area contributed by atoms with Gasteiger partial charge in [-0.05, 0) is 36.8 Å². The van der Waals surface area contributed by atoms with E-state index in [-0.39, 0.29) is 12.2 Å². The first-order chi connectivity index (χ1) is 11.5. The molecule has 124 valence electrons. The minimum atomic E-state index is -0.616. The molecule has 0 fully saturated rings. The molecule has 1 aromatic heterocycles. The number of carbonyl (C=O) groups excluding carboxylic acids is 1. The Morgan fingerprint density at radius 2 is 2.04 bits per heavy atom. The van der Waals surface area contributed by atoms with Gasteiger partial charge in [0.2, 0.25) is 0 Å². The van der Waals surface area contributed by atoms with Gasteiger partial charge in [0.1, 0.15) is 0 Å². The molecule has 0 spiro atoms. The summed E-state index contributed by atoms with van der Waals surface area (Å²) in [6.45, 7) is 0.313. The zero-order valence-corrected chi connectivity index (χ0v) is 14.1. The van der Waals surface area contributed by atoms with Crippen LogP contribution < -0.4 is 10.5 Å². The standard InChI is InChI=1S/C17H13BrFNO4/c18-11-7-8-14(12(19)10-11)23-16(21)6-3-9-20-13-4-1-2-5-15(13)24-17(20)22/h1-2,4-5,7-8,10H,3,6,9H2. The first kappa shape index (κ1) is 16.4. The van der Waals surface area contributed by atoms with Crippen molar-refractivity contribution in [1.82, 2.24) is 4.57 Å². The molecule has 0 saturated heterocycles. The van der Waals surface area contributed by atoms with Crippen LogP contribution in [0.25, 0.3) is 11.1 Å². The van der Waals surface area contributed by atoms with Crippen molar-refractivity contribution < 1.29 is 18.3 Å². The number of hydrogen-bond acceptors (Lipinski definition) is 4. The Labute approximate surface area is 144 Å². The van der Waals surface area contributed by atoms with Gasteiger partial charge in [-0.3, -0.25) is 9.36 Å². The Bertz CT molecular complexity index is 947. The molecule has 0 amide bonds. The fourth-order valence-corrected chi connectivity index (χ4v) is 2.67. The third-order valence-electron chi connectivity index (χ3n) is 3.45. The van der Waals surface area contributed by atoms with E-state index < -0.39 is 17.5 Å². The highest BCUT2D eigenvalue weighted by molar-refractivity contribution is 9.10. The summed E-state index contributed by atoms with van der Waals surface area (Å²) in [4.78, 5) is 23.6. The van der Waals surface area contributed by atoms with Crippen molar-refractivity contribution in [2.75, 3.05) is 0 Å². The van der Waals surface area contributed by atoms with Gasteiger partial charge in [-0.25, -0.2) is 9.18 Å². The highest BCUT2D eigenvalue weighted by atomic mass is 79.9. The summed E-state index contributed by atoms with van der Waals surface area (Å²) < 4.78 is 25.7. The summed E-state index contributed by atoms with van der Waals surface area (Å²) in [6, 6.07) is 11.2. The predicted octanol–water partition coefficient (Wildman–Crippen LogP) is 3.88. The number of halogens is 2. The number of ether oxygens (including phenoxy) is 1. The van der Waals surface area contributed by atoms with Gasteiger partial charge in [0.25, 0.3) is 0 Å². The number of aryl methyl sites for hydroxylation is 1. The minimum absolute atomic E-state index is 0.0570. The number of hydrogen-bond donors (Lipinski definition) is 0. The van der Waals surface area contributed by atoms with E-state index in [1.54, 1.807) is 30.3 Å². The van der Waals surface area contributed by atoms with Crippen LogP contribution in [0.1, 0.15) is 12.8 Å². The molecule has 3 rings (SSSR count). The van der Waals surface area contributed by atoms with E-state index in [9.17, 15) is 14.0 Å².